The molecule has 0 fully saturated rings. The molecule has 0 saturated heterocycles. The summed E-state index contributed by atoms with van der Waals surface area (Å²) in [6, 6.07) is 3.61. The maximum Gasteiger partial charge on any atom is 0.277 e. The third kappa shape index (κ3) is 2.69. The second kappa shape index (κ2) is 6.20. The number of fused-ring (bicyclic) bond motifs is 1. The molecule has 3 rings (SSSR count). The molecule has 3 aromatic rings. The van der Waals surface area contributed by atoms with E-state index in [9.17, 15) is 4.79 Å². The lowest BCUT2D eigenvalue weighted by molar-refractivity contribution is 0.328. The molecule has 0 amide bonds. The van der Waals surface area contributed by atoms with Gasteiger partial charge in [-0.05, 0) is 32.4 Å². The van der Waals surface area contributed by atoms with Gasteiger partial charge in [0.15, 0.2) is 11.3 Å². The molecule has 0 atom stereocenters. The summed E-state index contributed by atoms with van der Waals surface area (Å²) in [7, 11) is 0. The summed E-state index contributed by atoms with van der Waals surface area (Å²) in [5.41, 5.74) is 1.61. The summed E-state index contributed by atoms with van der Waals surface area (Å²) in [5, 5.41) is 4.57. The molecule has 0 radical (unpaired) electrons. The van der Waals surface area contributed by atoms with Gasteiger partial charge in [-0.25, -0.2) is 14.5 Å². The summed E-state index contributed by atoms with van der Waals surface area (Å²) in [5.74, 6) is 1.66. The van der Waals surface area contributed by atoms with Crippen LogP contribution in [0.2, 0.25) is 0 Å². The smallest absolute Gasteiger partial charge is 0.277 e. The number of H-pyrrole nitrogens is 1. The van der Waals surface area contributed by atoms with E-state index in [-0.39, 0.29) is 5.56 Å². The number of pyridine rings is 1. The molecule has 3 heterocycles. The van der Waals surface area contributed by atoms with Crippen molar-refractivity contribution in [3.05, 3.63) is 40.2 Å². The molecule has 23 heavy (non-hydrogen) atoms. The third-order valence-electron chi connectivity index (χ3n) is 3.52. The van der Waals surface area contributed by atoms with E-state index in [1.54, 1.807) is 16.8 Å². The zero-order chi connectivity index (χ0) is 16.4. The molecule has 0 aliphatic carbocycles. The first-order chi connectivity index (χ1) is 11.2. The van der Waals surface area contributed by atoms with Crippen LogP contribution in [0.4, 0.5) is 0 Å². The van der Waals surface area contributed by atoms with E-state index in [0.717, 1.165) is 18.7 Å². The lowest BCUT2D eigenvalue weighted by Gasteiger charge is -2.08. The number of aryl methyl sites for hydroxylation is 2. The minimum atomic E-state index is -0.214. The molecule has 0 aromatic carbocycles. The number of nitrogens with one attached hydrogen (secondary N) is 1. The van der Waals surface area contributed by atoms with E-state index in [1.165, 1.54) is 0 Å². The van der Waals surface area contributed by atoms with Crippen molar-refractivity contribution in [2.24, 2.45) is 0 Å². The summed E-state index contributed by atoms with van der Waals surface area (Å²) in [6.45, 7) is 6.26. The van der Waals surface area contributed by atoms with Crippen molar-refractivity contribution in [2.45, 2.75) is 33.6 Å². The molecular weight excluding hydrogens is 294 g/mol. The van der Waals surface area contributed by atoms with Crippen molar-refractivity contribution in [1.82, 2.24) is 24.6 Å². The highest BCUT2D eigenvalue weighted by molar-refractivity contribution is 5.62. The van der Waals surface area contributed by atoms with Gasteiger partial charge in [0.05, 0.1) is 17.9 Å². The average molecular weight is 313 g/mol. The molecule has 3 aromatic heterocycles. The van der Waals surface area contributed by atoms with Gasteiger partial charge in [-0.1, -0.05) is 6.92 Å². The molecule has 0 spiro atoms. The van der Waals surface area contributed by atoms with Crippen molar-refractivity contribution in [1.29, 1.82) is 0 Å². The van der Waals surface area contributed by atoms with Gasteiger partial charge in [0.25, 0.3) is 5.56 Å². The highest BCUT2D eigenvalue weighted by atomic mass is 16.5. The fourth-order valence-electron chi connectivity index (χ4n) is 2.57. The Morgan fingerprint density at radius 2 is 2.17 bits per heavy atom. The predicted octanol–water partition coefficient (Wildman–Crippen LogP) is 2.14. The lowest BCUT2D eigenvalue weighted by Crippen LogP contribution is -2.16. The van der Waals surface area contributed by atoms with Crippen LogP contribution in [-0.2, 0) is 6.42 Å². The first kappa shape index (κ1) is 15.2. The van der Waals surface area contributed by atoms with Gasteiger partial charge in [-0.2, -0.15) is 0 Å². The van der Waals surface area contributed by atoms with Crippen molar-refractivity contribution in [2.75, 3.05) is 6.61 Å². The van der Waals surface area contributed by atoms with Gasteiger partial charge in [0, 0.05) is 12.6 Å². The van der Waals surface area contributed by atoms with E-state index < -0.39 is 0 Å². The molecule has 7 nitrogen and oxygen atoms in total. The minimum absolute atomic E-state index is 0.214. The van der Waals surface area contributed by atoms with Crippen molar-refractivity contribution in [3.63, 3.8) is 0 Å². The molecule has 120 valence electrons. The lowest BCUT2D eigenvalue weighted by atomic mass is 10.2. The Balaban J connectivity index is 2.24. The van der Waals surface area contributed by atoms with Crippen LogP contribution in [0, 0.1) is 6.92 Å². The van der Waals surface area contributed by atoms with Crippen molar-refractivity contribution in [3.8, 4) is 17.3 Å². The van der Waals surface area contributed by atoms with Crippen LogP contribution in [0.1, 0.15) is 31.8 Å². The van der Waals surface area contributed by atoms with Gasteiger partial charge in [-0.3, -0.25) is 4.79 Å². The minimum Gasteiger partial charge on any atom is -0.477 e. The Labute approximate surface area is 133 Å². The van der Waals surface area contributed by atoms with Gasteiger partial charge >= 0.3 is 0 Å². The topological polar surface area (TPSA) is 85.2 Å². The van der Waals surface area contributed by atoms with Crippen LogP contribution < -0.4 is 10.3 Å². The monoisotopic (exact) mass is 313 g/mol. The molecular formula is C16H19N5O2. The number of aromatic nitrogens is 5. The van der Waals surface area contributed by atoms with Crippen molar-refractivity contribution < 1.29 is 4.74 Å². The Kier molecular flexibility index (Phi) is 4.10. The van der Waals surface area contributed by atoms with Gasteiger partial charge in [0.1, 0.15) is 5.82 Å². The highest BCUT2D eigenvalue weighted by Gasteiger charge is 2.16. The molecule has 0 bridgehead atoms. The quantitative estimate of drug-likeness (QED) is 0.780. The molecule has 0 unspecified atom stereocenters. The fourth-order valence-corrected chi connectivity index (χ4v) is 2.57. The normalized spacial score (nSPS) is 11.1. The molecule has 0 saturated carbocycles. The first-order valence-electron chi connectivity index (χ1n) is 7.72. The van der Waals surface area contributed by atoms with E-state index in [1.807, 2.05) is 19.9 Å². The third-order valence-corrected chi connectivity index (χ3v) is 3.52. The largest absolute Gasteiger partial charge is 0.477 e. The van der Waals surface area contributed by atoms with Crippen molar-refractivity contribution >= 4 is 5.52 Å². The number of aromatic amines is 1. The fraction of sp³-hybridized carbons (Fsp3) is 0.375. The standard InChI is InChI=1S/C16H19N5O2/c1-4-7-12-18-10(3)13-15(22)19-14(20-21(12)13)11-8-6-9-17-16(11)23-5-2/h6,8-9H,4-5,7H2,1-3H3,(H,19,20,22). The van der Waals surface area contributed by atoms with E-state index in [0.29, 0.717) is 35.1 Å². The SMILES string of the molecule is CCCc1nc(C)c2c(=O)[nH]c(-c3cccnc3OCC)nn12. The summed E-state index contributed by atoms with van der Waals surface area (Å²) < 4.78 is 7.16. The van der Waals surface area contributed by atoms with Gasteiger partial charge in [-0.15, -0.1) is 5.10 Å². The average Bonchev–Trinajstić information content (AvgIpc) is 2.85. The molecule has 0 aliphatic rings. The van der Waals surface area contributed by atoms with Crippen LogP contribution >= 0.6 is 0 Å². The van der Waals surface area contributed by atoms with Gasteiger partial charge in [0.2, 0.25) is 5.88 Å². The van der Waals surface area contributed by atoms with Crippen LogP contribution in [0.25, 0.3) is 16.9 Å². The Hall–Kier alpha value is -2.70. The number of hydrogen-bond acceptors (Lipinski definition) is 5. The Bertz CT molecular complexity index is 897. The van der Waals surface area contributed by atoms with E-state index in [2.05, 4.69) is 27.0 Å². The molecule has 7 heteroatoms. The number of hydrogen-bond donors (Lipinski definition) is 1. The molecule has 1 N–H and O–H groups in total. The first-order valence-corrected chi connectivity index (χ1v) is 7.72. The maximum absolute atomic E-state index is 12.5. The van der Waals surface area contributed by atoms with Crippen LogP contribution in [0.5, 0.6) is 5.88 Å². The molecule has 0 aliphatic heterocycles. The summed E-state index contributed by atoms with van der Waals surface area (Å²) in [4.78, 5) is 24.0. The number of rotatable bonds is 5. The van der Waals surface area contributed by atoms with Gasteiger partial charge < -0.3 is 9.72 Å². The second-order valence-corrected chi connectivity index (χ2v) is 5.22. The highest BCUT2D eigenvalue weighted by Crippen LogP contribution is 2.24. The summed E-state index contributed by atoms with van der Waals surface area (Å²) >= 11 is 0. The zero-order valence-corrected chi connectivity index (χ0v) is 13.5. The maximum atomic E-state index is 12.5. The summed E-state index contributed by atoms with van der Waals surface area (Å²) in [6.07, 6.45) is 3.34. The van der Waals surface area contributed by atoms with Crippen LogP contribution in [-0.4, -0.2) is 31.2 Å². The van der Waals surface area contributed by atoms with Crippen LogP contribution in [0.15, 0.2) is 23.1 Å². The van der Waals surface area contributed by atoms with Crippen LogP contribution in [0.3, 0.4) is 0 Å². The Morgan fingerprint density at radius 1 is 1.35 bits per heavy atom. The number of imidazole rings is 1. The second-order valence-electron chi connectivity index (χ2n) is 5.22. The van der Waals surface area contributed by atoms with E-state index in [4.69, 9.17) is 4.74 Å². The zero-order valence-electron chi connectivity index (χ0n) is 13.5. The number of ether oxygens (including phenoxy) is 1. The predicted molar refractivity (Wildman–Crippen MR) is 86.7 cm³/mol. The number of nitrogens with zero attached hydrogens (tertiary/aromatic N) is 4. The van der Waals surface area contributed by atoms with E-state index >= 15 is 0 Å². The Morgan fingerprint density at radius 3 is 2.91 bits per heavy atom.